The summed E-state index contributed by atoms with van der Waals surface area (Å²) in [7, 11) is -3.11. The summed E-state index contributed by atoms with van der Waals surface area (Å²) in [5, 5.41) is -0.428. The molecule has 0 aliphatic heterocycles. The molecule has 0 rings (SSSR count). The molecule has 0 bridgehead atoms. The van der Waals surface area contributed by atoms with Crippen LogP contribution in [0.3, 0.4) is 0 Å². The van der Waals surface area contributed by atoms with Crippen LogP contribution in [0.5, 0.6) is 0 Å². The van der Waals surface area contributed by atoms with E-state index in [1.165, 1.54) is 0 Å². The van der Waals surface area contributed by atoms with Crippen LogP contribution in [0.4, 0.5) is 0 Å². The topological polar surface area (TPSA) is 86.7 Å². The molecule has 0 radical (unpaired) electrons. The molecule has 0 aromatic carbocycles. The van der Waals surface area contributed by atoms with Crippen molar-refractivity contribution in [2.45, 2.75) is 51.7 Å². The molecule has 0 amide bonds. The quantitative estimate of drug-likeness (QED) is 0.449. The summed E-state index contributed by atoms with van der Waals surface area (Å²) < 4.78 is 32.6. The lowest BCUT2D eigenvalue weighted by Crippen LogP contribution is -2.18. The molecule has 118 valence electrons. The van der Waals surface area contributed by atoms with Gasteiger partial charge in [-0.2, -0.15) is 0 Å². The Balaban J connectivity index is 3.68. The van der Waals surface area contributed by atoms with Crippen molar-refractivity contribution in [2.24, 2.45) is 0 Å². The summed E-state index contributed by atoms with van der Waals surface area (Å²) in [4.78, 5) is 22.3. The normalized spacial score (nSPS) is 11.4. The molecule has 0 fully saturated rings. The molecule has 0 N–H and O–H groups in total. The van der Waals surface area contributed by atoms with E-state index >= 15 is 0 Å². The Morgan fingerprint density at radius 3 is 2.10 bits per heavy atom. The van der Waals surface area contributed by atoms with Crippen molar-refractivity contribution in [3.8, 4) is 0 Å². The molecule has 0 aliphatic carbocycles. The number of sulfone groups is 1. The molecule has 6 nitrogen and oxygen atoms in total. The monoisotopic (exact) mass is 308 g/mol. The highest BCUT2D eigenvalue weighted by atomic mass is 32.2. The van der Waals surface area contributed by atoms with Gasteiger partial charge in [0.05, 0.1) is 24.2 Å². The van der Waals surface area contributed by atoms with Crippen molar-refractivity contribution in [2.75, 3.05) is 19.0 Å². The first kappa shape index (κ1) is 18.9. The predicted molar refractivity (Wildman–Crippen MR) is 75.0 cm³/mol. The fourth-order valence-electron chi connectivity index (χ4n) is 1.36. The Morgan fingerprint density at radius 2 is 1.55 bits per heavy atom. The maximum atomic E-state index is 11.5. The summed E-state index contributed by atoms with van der Waals surface area (Å²) in [5.41, 5.74) is 0. The average Bonchev–Trinajstić information content (AvgIpc) is 2.34. The summed E-state index contributed by atoms with van der Waals surface area (Å²) in [6.45, 7) is 5.44. The molecule has 0 aromatic heterocycles. The highest BCUT2D eigenvalue weighted by molar-refractivity contribution is 7.91. The number of esters is 2. The Hall–Kier alpha value is -1.11. The fraction of sp³-hybridized carbons (Fsp3) is 0.846. The Kier molecular flexibility index (Phi) is 9.20. The van der Waals surface area contributed by atoms with Crippen molar-refractivity contribution in [3.63, 3.8) is 0 Å². The van der Waals surface area contributed by atoms with Crippen LogP contribution in [0.2, 0.25) is 0 Å². The van der Waals surface area contributed by atoms with Gasteiger partial charge in [-0.3, -0.25) is 9.59 Å². The van der Waals surface area contributed by atoms with Gasteiger partial charge in [0.25, 0.3) is 0 Å². The number of ether oxygens (including phenoxy) is 2. The Bertz CT molecular complexity index is 399. The summed E-state index contributed by atoms with van der Waals surface area (Å²) in [6, 6.07) is 0. The van der Waals surface area contributed by atoms with Crippen LogP contribution in [0, 0.1) is 0 Å². The summed E-state index contributed by atoms with van der Waals surface area (Å²) >= 11 is 0. The number of hydrogen-bond donors (Lipinski definition) is 0. The number of hydrogen-bond acceptors (Lipinski definition) is 6. The van der Waals surface area contributed by atoms with E-state index in [0.717, 1.165) is 0 Å². The molecule has 0 unspecified atom stereocenters. The first-order valence-electron chi connectivity index (χ1n) is 6.82. The largest absolute Gasteiger partial charge is 0.466 e. The van der Waals surface area contributed by atoms with Gasteiger partial charge >= 0.3 is 11.9 Å². The summed E-state index contributed by atoms with van der Waals surface area (Å²) in [5.74, 6) is -0.762. The molecular weight excluding hydrogens is 284 g/mol. The van der Waals surface area contributed by atoms with E-state index in [9.17, 15) is 18.0 Å². The van der Waals surface area contributed by atoms with Crippen LogP contribution in [-0.2, 0) is 28.9 Å². The minimum absolute atomic E-state index is 0.0113. The van der Waals surface area contributed by atoms with Crippen molar-refractivity contribution in [3.05, 3.63) is 0 Å². The van der Waals surface area contributed by atoms with E-state index in [4.69, 9.17) is 9.47 Å². The second kappa shape index (κ2) is 9.74. The lowest BCUT2D eigenvalue weighted by Gasteiger charge is -2.07. The number of rotatable bonds is 10. The SMILES string of the molecule is CCOC(=O)CCCOC(=O)CCCS(=O)(=O)C(C)C. The number of carbonyl (C=O) groups excluding carboxylic acids is 2. The third kappa shape index (κ3) is 8.90. The van der Waals surface area contributed by atoms with Crippen molar-refractivity contribution < 1.29 is 27.5 Å². The van der Waals surface area contributed by atoms with Crippen LogP contribution in [0.25, 0.3) is 0 Å². The summed E-state index contributed by atoms with van der Waals surface area (Å²) in [6.07, 6.45) is 0.959. The van der Waals surface area contributed by atoms with E-state index in [2.05, 4.69) is 0 Å². The van der Waals surface area contributed by atoms with Crippen LogP contribution >= 0.6 is 0 Å². The third-order valence-corrected chi connectivity index (χ3v) is 4.92. The molecule has 0 saturated carbocycles. The molecular formula is C13H24O6S. The van der Waals surface area contributed by atoms with Crippen molar-refractivity contribution in [1.82, 2.24) is 0 Å². The molecule has 0 aromatic rings. The maximum absolute atomic E-state index is 11.5. The van der Waals surface area contributed by atoms with Crippen molar-refractivity contribution >= 4 is 21.8 Å². The standard InChI is InChI=1S/C13H24O6S/c1-4-18-12(14)7-5-9-19-13(15)8-6-10-20(16,17)11(2)3/h11H,4-10H2,1-3H3. The lowest BCUT2D eigenvalue weighted by atomic mass is 10.3. The Labute approximate surface area is 120 Å². The minimum Gasteiger partial charge on any atom is -0.466 e. The molecule has 0 aliphatic rings. The van der Waals surface area contributed by atoms with Gasteiger partial charge in [-0.1, -0.05) is 0 Å². The van der Waals surface area contributed by atoms with E-state index in [-0.39, 0.29) is 37.6 Å². The highest BCUT2D eigenvalue weighted by Crippen LogP contribution is 2.05. The van der Waals surface area contributed by atoms with E-state index in [1.54, 1.807) is 20.8 Å². The van der Waals surface area contributed by atoms with Crippen LogP contribution in [-0.4, -0.2) is 44.6 Å². The highest BCUT2D eigenvalue weighted by Gasteiger charge is 2.16. The average molecular weight is 308 g/mol. The van der Waals surface area contributed by atoms with Gasteiger partial charge in [-0.25, -0.2) is 8.42 Å². The lowest BCUT2D eigenvalue weighted by molar-refractivity contribution is -0.147. The third-order valence-electron chi connectivity index (χ3n) is 2.62. The maximum Gasteiger partial charge on any atom is 0.305 e. The van der Waals surface area contributed by atoms with Gasteiger partial charge < -0.3 is 9.47 Å². The second-order valence-electron chi connectivity index (χ2n) is 4.65. The van der Waals surface area contributed by atoms with Crippen LogP contribution < -0.4 is 0 Å². The zero-order valence-electron chi connectivity index (χ0n) is 12.4. The van der Waals surface area contributed by atoms with Gasteiger partial charge in [0.1, 0.15) is 0 Å². The second-order valence-corrected chi connectivity index (χ2v) is 7.33. The van der Waals surface area contributed by atoms with Crippen molar-refractivity contribution in [1.29, 1.82) is 0 Å². The molecule has 7 heteroatoms. The minimum atomic E-state index is -3.11. The smallest absolute Gasteiger partial charge is 0.305 e. The van der Waals surface area contributed by atoms with Crippen LogP contribution in [0.1, 0.15) is 46.5 Å². The first-order chi connectivity index (χ1) is 9.29. The van der Waals surface area contributed by atoms with Gasteiger partial charge in [0.2, 0.25) is 0 Å². The van der Waals surface area contributed by atoms with Gasteiger partial charge in [0, 0.05) is 12.8 Å². The number of carbonyl (C=O) groups is 2. The van der Waals surface area contributed by atoms with E-state index < -0.39 is 21.1 Å². The van der Waals surface area contributed by atoms with Gasteiger partial charge in [-0.05, 0) is 33.6 Å². The van der Waals surface area contributed by atoms with Gasteiger partial charge in [0.15, 0.2) is 9.84 Å². The molecule has 20 heavy (non-hydrogen) atoms. The molecule has 0 atom stereocenters. The molecule has 0 saturated heterocycles. The zero-order valence-corrected chi connectivity index (χ0v) is 13.2. The first-order valence-corrected chi connectivity index (χ1v) is 8.54. The van der Waals surface area contributed by atoms with E-state index in [0.29, 0.717) is 13.0 Å². The zero-order chi connectivity index (χ0) is 15.6. The molecule has 0 spiro atoms. The molecule has 0 heterocycles. The Morgan fingerprint density at radius 1 is 1.00 bits per heavy atom. The predicted octanol–water partition coefficient (Wildman–Crippen LogP) is 1.48. The van der Waals surface area contributed by atoms with Gasteiger partial charge in [-0.15, -0.1) is 0 Å². The fourth-order valence-corrected chi connectivity index (χ4v) is 2.38. The van der Waals surface area contributed by atoms with Crippen LogP contribution in [0.15, 0.2) is 0 Å². The van der Waals surface area contributed by atoms with E-state index in [1.807, 2.05) is 0 Å².